The lowest BCUT2D eigenvalue weighted by Crippen LogP contribution is -2.45. The Bertz CT molecular complexity index is 490. The molecule has 1 aromatic carbocycles. The quantitative estimate of drug-likeness (QED) is 0.820. The van der Waals surface area contributed by atoms with E-state index >= 15 is 0 Å². The zero-order valence-corrected chi connectivity index (χ0v) is 14.4. The van der Waals surface area contributed by atoms with Gasteiger partial charge in [-0.3, -0.25) is 0 Å². The number of ether oxygens (including phenoxy) is 1. The first-order chi connectivity index (χ1) is 10.5. The third kappa shape index (κ3) is 4.25. The third-order valence-corrected chi connectivity index (χ3v) is 4.49. The van der Waals surface area contributed by atoms with Crippen molar-refractivity contribution in [3.63, 3.8) is 0 Å². The zero-order valence-electron chi connectivity index (χ0n) is 14.4. The zero-order chi connectivity index (χ0) is 16.1. The van der Waals surface area contributed by atoms with Gasteiger partial charge in [0.1, 0.15) is 0 Å². The molecule has 1 unspecified atom stereocenters. The lowest BCUT2D eigenvalue weighted by Gasteiger charge is -2.35. The van der Waals surface area contributed by atoms with Crippen LogP contribution in [-0.2, 0) is 11.2 Å². The van der Waals surface area contributed by atoms with Gasteiger partial charge in [-0.15, -0.1) is 0 Å². The molecule has 0 aliphatic carbocycles. The summed E-state index contributed by atoms with van der Waals surface area (Å²) in [5, 5.41) is 0. The highest BCUT2D eigenvalue weighted by Gasteiger charge is 2.28. The van der Waals surface area contributed by atoms with Crippen molar-refractivity contribution in [1.29, 1.82) is 0 Å². The first-order valence-corrected chi connectivity index (χ1v) is 8.47. The predicted octanol–water partition coefficient (Wildman–Crippen LogP) is 4.49. The standard InChI is InChI=1S/C19H29NO2/c1-14(2)13-22-19(21)20-11-6-5-10-17(20)12-18-15(3)8-7-9-16(18)4/h7-9,14,17H,5-6,10-13H2,1-4H3. The topological polar surface area (TPSA) is 29.5 Å². The minimum Gasteiger partial charge on any atom is -0.449 e. The van der Waals surface area contributed by atoms with E-state index in [4.69, 9.17) is 4.74 Å². The predicted molar refractivity (Wildman–Crippen MR) is 90.2 cm³/mol. The number of nitrogens with zero attached hydrogens (tertiary/aromatic N) is 1. The van der Waals surface area contributed by atoms with E-state index in [1.54, 1.807) is 0 Å². The van der Waals surface area contributed by atoms with E-state index in [0.717, 1.165) is 25.8 Å². The van der Waals surface area contributed by atoms with E-state index in [0.29, 0.717) is 12.5 Å². The van der Waals surface area contributed by atoms with Gasteiger partial charge in [-0.05, 0) is 62.1 Å². The summed E-state index contributed by atoms with van der Waals surface area (Å²) in [7, 11) is 0. The highest BCUT2D eigenvalue weighted by Crippen LogP contribution is 2.24. The summed E-state index contributed by atoms with van der Waals surface area (Å²) in [5.41, 5.74) is 4.03. The second-order valence-corrected chi connectivity index (χ2v) is 6.89. The van der Waals surface area contributed by atoms with Gasteiger partial charge in [-0.1, -0.05) is 32.0 Å². The molecule has 2 rings (SSSR count). The van der Waals surface area contributed by atoms with Crippen LogP contribution in [0, 0.1) is 19.8 Å². The molecule has 3 heteroatoms. The Morgan fingerprint density at radius 3 is 2.59 bits per heavy atom. The summed E-state index contributed by atoms with van der Waals surface area (Å²) in [6, 6.07) is 6.69. The SMILES string of the molecule is Cc1cccc(C)c1CC1CCCCN1C(=O)OCC(C)C. The monoisotopic (exact) mass is 303 g/mol. The number of hydrogen-bond donors (Lipinski definition) is 0. The molecule has 1 fully saturated rings. The molecule has 1 atom stereocenters. The van der Waals surface area contributed by atoms with Crippen molar-refractivity contribution in [2.24, 2.45) is 5.92 Å². The second-order valence-electron chi connectivity index (χ2n) is 6.89. The molecule has 0 bridgehead atoms. The summed E-state index contributed by atoms with van der Waals surface area (Å²) in [4.78, 5) is 14.3. The molecule has 22 heavy (non-hydrogen) atoms. The molecular weight excluding hydrogens is 274 g/mol. The molecule has 1 aromatic rings. The average molecular weight is 303 g/mol. The molecule has 0 spiro atoms. The Morgan fingerprint density at radius 1 is 1.27 bits per heavy atom. The maximum atomic E-state index is 12.4. The molecule has 1 aliphatic heterocycles. The van der Waals surface area contributed by atoms with Crippen molar-refractivity contribution in [2.45, 2.75) is 59.4 Å². The van der Waals surface area contributed by atoms with Gasteiger partial charge in [0.15, 0.2) is 0 Å². The van der Waals surface area contributed by atoms with Gasteiger partial charge in [0.25, 0.3) is 0 Å². The van der Waals surface area contributed by atoms with E-state index < -0.39 is 0 Å². The molecule has 1 saturated heterocycles. The summed E-state index contributed by atoms with van der Waals surface area (Å²) in [5.74, 6) is 0.380. The number of benzene rings is 1. The fourth-order valence-electron chi connectivity index (χ4n) is 3.18. The van der Waals surface area contributed by atoms with Crippen LogP contribution in [0.15, 0.2) is 18.2 Å². The van der Waals surface area contributed by atoms with Gasteiger partial charge < -0.3 is 9.64 Å². The summed E-state index contributed by atoms with van der Waals surface area (Å²) < 4.78 is 5.46. The fraction of sp³-hybridized carbons (Fsp3) is 0.632. The van der Waals surface area contributed by atoms with Crippen molar-refractivity contribution < 1.29 is 9.53 Å². The van der Waals surface area contributed by atoms with Crippen molar-refractivity contribution in [3.05, 3.63) is 34.9 Å². The van der Waals surface area contributed by atoms with Crippen LogP contribution < -0.4 is 0 Å². The van der Waals surface area contributed by atoms with E-state index in [9.17, 15) is 4.79 Å². The van der Waals surface area contributed by atoms with Crippen LogP contribution in [0.4, 0.5) is 4.79 Å². The number of rotatable bonds is 4. The van der Waals surface area contributed by atoms with Gasteiger partial charge >= 0.3 is 6.09 Å². The maximum absolute atomic E-state index is 12.4. The molecule has 0 radical (unpaired) electrons. The van der Waals surface area contributed by atoms with Crippen LogP contribution in [0.2, 0.25) is 0 Å². The smallest absolute Gasteiger partial charge is 0.410 e. The summed E-state index contributed by atoms with van der Waals surface area (Å²) in [6.07, 6.45) is 4.16. The minimum absolute atomic E-state index is 0.135. The van der Waals surface area contributed by atoms with E-state index in [2.05, 4.69) is 45.9 Å². The summed E-state index contributed by atoms with van der Waals surface area (Å²) in [6.45, 7) is 9.78. The van der Waals surface area contributed by atoms with Crippen LogP contribution >= 0.6 is 0 Å². The molecule has 0 N–H and O–H groups in total. The van der Waals surface area contributed by atoms with Crippen LogP contribution in [-0.4, -0.2) is 30.2 Å². The van der Waals surface area contributed by atoms with Crippen molar-refractivity contribution in [3.8, 4) is 0 Å². The number of hydrogen-bond acceptors (Lipinski definition) is 2. The Hall–Kier alpha value is -1.51. The van der Waals surface area contributed by atoms with Crippen LogP contribution in [0.5, 0.6) is 0 Å². The highest BCUT2D eigenvalue weighted by atomic mass is 16.6. The summed E-state index contributed by atoms with van der Waals surface area (Å²) >= 11 is 0. The molecule has 3 nitrogen and oxygen atoms in total. The Morgan fingerprint density at radius 2 is 1.95 bits per heavy atom. The van der Waals surface area contributed by atoms with Crippen LogP contribution in [0.1, 0.15) is 49.8 Å². The molecular formula is C19H29NO2. The molecule has 1 aliphatic rings. The van der Waals surface area contributed by atoms with Gasteiger partial charge in [-0.2, -0.15) is 0 Å². The molecule has 122 valence electrons. The van der Waals surface area contributed by atoms with E-state index in [-0.39, 0.29) is 12.1 Å². The van der Waals surface area contributed by atoms with E-state index in [1.165, 1.54) is 23.1 Å². The second kappa shape index (κ2) is 7.66. The average Bonchev–Trinajstić information content (AvgIpc) is 2.49. The van der Waals surface area contributed by atoms with E-state index in [1.807, 2.05) is 4.90 Å². The number of carbonyl (C=O) groups excluding carboxylic acids is 1. The molecule has 1 heterocycles. The molecule has 0 aromatic heterocycles. The van der Waals surface area contributed by atoms with Crippen molar-refractivity contribution in [2.75, 3.05) is 13.2 Å². The lowest BCUT2D eigenvalue weighted by molar-refractivity contribution is 0.0654. The Labute approximate surface area is 134 Å². The van der Waals surface area contributed by atoms with Gasteiger partial charge in [0.2, 0.25) is 0 Å². The van der Waals surface area contributed by atoms with Crippen molar-refractivity contribution in [1.82, 2.24) is 4.90 Å². The largest absolute Gasteiger partial charge is 0.449 e. The van der Waals surface area contributed by atoms with Crippen LogP contribution in [0.3, 0.4) is 0 Å². The maximum Gasteiger partial charge on any atom is 0.410 e. The first-order valence-electron chi connectivity index (χ1n) is 8.47. The molecule has 1 amide bonds. The minimum atomic E-state index is -0.135. The highest BCUT2D eigenvalue weighted by molar-refractivity contribution is 5.68. The Balaban J connectivity index is 2.08. The number of carbonyl (C=O) groups is 1. The normalized spacial score (nSPS) is 18.6. The first kappa shape index (κ1) is 16.9. The number of piperidine rings is 1. The number of aryl methyl sites for hydroxylation is 2. The molecule has 0 saturated carbocycles. The van der Waals surface area contributed by atoms with Crippen molar-refractivity contribution >= 4 is 6.09 Å². The lowest BCUT2D eigenvalue weighted by atomic mass is 9.91. The number of amides is 1. The van der Waals surface area contributed by atoms with Crippen LogP contribution in [0.25, 0.3) is 0 Å². The van der Waals surface area contributed by atoms with Gasteiger partial charge in [0.05, 0.1) is 6.61 Å². The fourth-order valence-corrected chi connectivity index (χ4v) is 3.18. The number of likely N-dealkylation sites (tertiary alicyclic amines) is 1. The van der Waals surface area contributed by atoms with Gasteiger partial charge in [-0.25, -0.2) is 4.79 Å². The third-order valence-electron chi connectivity index (χ3n) is 4.49. The Kier molecular flexibility index (Phi) is 5.87. The van der Waals surface area contributed by atoms with Gasteiger partial charge in [0, 0.05) is 12.6 Å².